The van der Waals surface area contributed by atoms with Crippen LogP contribution in [0.1, 0.15) is 47.2 Å². The maximum absolute atomic E-state index is 2.38. The summed E-state index contributed by atoms with van der Waals surface area (Å²) in [4.78, 5) is 0. The molecule has 0 atom stereocenters. The van der Waals surface area contributed by atoms with E-state index in [0.29, 0.717) is 0 Å². The second kappa shape index (κ2) is 23.5. The lowest BCUT2D eigenvalue weighted by Gasteiger charge is -2.14. The van der Waals surface area contributed by atoms with Crippen LogP contribution in [0.5, 0.6) is 0 Å². The molecule has 0 unspecified atom stereocenters. The number of benzene rings is 16. The lowest BCUT2D eigenvalue weighted by atomic mass is 9.90. The van der Waals surface area contributed by atoms with Gasteiger partial charge in [0.05, 0.1) is 0 Å². The summed E-state index contributed by atoms with van der Waals surface area (Å²) >= 11 is 0. The van der Waals surface area contributed by atoms with Crippen molar-refractivity contribution in [2.75, 3.05) is 0 Å². The fraction of sp³-hybridized carbons (Fsp3) is 0.0455. The molecule has 0 N–H and O–H groups in total. The van der Waals surface area contributed by atoms with Crippen LogP contribution in [0.25, 0.3) is 155 Å². The van der Waals surface area contributed by atoms with Crippen molar-refractivity contribution in [2.45, 2.75) is 26.7 Å². The van der Waals surface area contributed by atoms with E-state index >= 15 is 0 Å². The van der Waals surface area contributed by atoms with Crippen LogP contribution in [0.15, 0.2) is 303 Å². The molecule has 0 saturated heterocycles. The Bertz CT molecular complexity index is 4830. The van der Waals surface area contributed by atoms with E-state index in [4.69, 9.17) is 0 Å². The number of hydrogen-bond acceptors (Lipinski definition) is 0. The van der Waals surface area contributed by atoms with Crippen molar-refractivity contribution in [3.8, 4) is 44.5 Å². The maximum Gasteiger partial charge on any atom is -0.00266 e. The molecule has 16 aromatic carbocycles. The fourth-order valence-corrected chi connectivity index (χ4v) is 13.6. The molecule has 0 aromatic heterocycles. The maximum atomic E-state index is 2.38. The largest absolute Gasteiger partial charge is 0.0616 e. The van der Waals surface area contributed by atoms with Crippen molar-refractivity contribution in [2.24, 2.45) is 0 Å². The lowest BCUT2D eigenvalue weighted by Crippen LogP contribution is -1.90. The topological polar surface area (TPSA) is 0 Å². The molecular weight excluding hydrogens is 1060 g/mol. The van der Waals surface area contributed by atoms with E-state index in [1.807, 2.05) is 0 Å². The van der Waals surface area contributed by atoms with Crippen LogP contribution < -0.4 is 0 Å². The minimum atomic E-state index is 0.989. The average Bonchev–Trinajstić information content (AvgIpc) is 2.30. The van der Waals surface area contributed by atoms with Crippen LogP contribution in [0.2, 0.25) is 0 Å². The van der Waals surface area contributed by atoms with E-state index in [1.54, 1.807) is 0 Å². The van der Waals surface area contributed by atoms with Crippen molar-refractivity contribution < 1.29 is 0 Å². The minimum Gasteiger partial charge on any atom is -0.0616 e. The summed E-state index contributed by atoms with van der Waals surface area (Å²) in [6, 6.07) is 111. The van der Waals surface area contributed by atoms with Gasteiger partial charge in [0, 0.05) is 0 Å². The zero-order chi connectivity index (χ0) is 58.9. The first-order valence-electron chi connectivity index (χ1n) is 31.0. The van der Waals surface area contributed by atoms with Gasteiger partial charge in [-0.15, -0.1) is 0 Å². The Kier molecular flexibility index (Phi) is 14.4. The zero-order valence-electron chi connectivity index (χ0n) is 49.6. The molecular formula is C88H64. The molecule has 0 saturated carbocycles. The van der Waals surface area contributed by atoms with Gasteiger partial charge in [-0.3, -0.25) is 0 Å². The molecule has 0 heteroatoms. The fourth-order valence-electron chi connectivity index (χ4n) is 13.6. The number of rotatable bonds is 10. The summed E-state index contributed by atoms with van der Waals surface area (Å²) in [6.07, 6.45) is 11.1. The number of aryl methyl sites for hydroxylation is 2. The molecule has 0 aliphatic heterocycles. The monoisotopic (exact) mass is 1120 g/mol. The first kappa shape index (κ1) is 53.8. The number of hydrogen-bond donors (Lipinski definition) is 0. The van der Waals surface area contributed by atoms with E-state index in [0.717, 1.165) is 12.8 Å². The summed E-state index contributed by atoms with van der Waals surface area (Å²) in [6.45, 7) is 4.48. The Morgan fingerprint density at radius 1 is 0.205 bits per heavy atom. The van der Waals surface area contributed by atoms with Crippen LogP contribution in [0.4, 0.5) is 0 Å². The van der Waals surface area contributed by atoms with Crippen molar-refractivity contribution in [1.29, 1.82) is 0 Å². The Balaban J connectivity index is 0.000000148. The summed E-state index contributed by atoms with van der Waals surface area (Å²) in [5.41, 5.74) is 17.9. The Morgan fingerprint density at radius 3 is 0.659 bits per heavy atom. The van der Waals surface area contributed by atoms with E-state index in [9.17, 15) is 0 Å². The third-order valence-corrected chi connectivity index (χ3v) is 18.0. The molecule has 0 spiro atoms. The second-order valence-electron chi connectivity index (χ2n) is 23.2. The van der Waals surface area contributed by atoms with Gasteiger partial charge in [0.15, 0.2) is 0 Å². The first-order chi connectivity index (χ1) is 43.5. The van der Waals surface area contributed by atoms with Gasteiger partial charge in [-0.05, 0) is 213 Å². The van der Waals surface area contributed by atoms with Crippen molar-refractivity contribution in [3.05, 3.63) is 337 Å². The van der Waals surface area contributed by atoms with Gasteiger partial charge >= 0.3 is 0 Å². The Morgan fingerprint density at radius 2 is 0.420 bits per heavy atom. The second-order valence-corrected chi connectivity index (χ2v) is 23.2. The average molecular weight is 1120 g/mol. The van der Waals surface area contributed by atoms with Crippen LogP contribution in [0.3, 0.4) is 0 Å². The van der Waals surface area contributed by atoms with Gasteiger partial charge in [0.2, 0.25) is 0 Å². The lowest BCUT2D eigenvalue weighted by molar-refractivity contribution is 1.13. The van der Waals surface area contributed by atoms with Gasteiger partial charge in [-0.25, -0.2) is 0 Å². The molecule has 416 valence electrons. The van der Waals surface area contributed by atoms with E-state index in [-0.39, 0.29) is 0 Å². The predicted molar refractivity (Wildman–Crippen MR) is 384 cm³/mol. The zero-order valence-corrected chi connectivity index (χ0v) is 49.6. The van der Waals surface area contributed by atoms with E-state index in [2.05, 4.69) is 341 Å². The smallest absolute Gasteiger partial charge is 0.00266 e. The Labute approximate surface area is 515 Å². The third kappa shape index (κ3) is 10.2. The van der Waals surface area contributed by atoms with Crippen LogP contribution in [0, 0.1) is 0 Å². The quantitative estimate of drug-likeness (QED) is 0.0946. The Hall–Kier alpha value is -10.9. The highest BCUT2D eigenvalue weighted by Gasteiger charge is 2.16. The van der Waals surface area contributed by atoms with Gasteiger partial charge in [-0.1, -0.05) is 305 Å². The summed E-state index contributed by atoms with van der Waals surface area (Å²) in [5.74, 6) is 0. The van der Waals surface area contributed by atoms with E-state index < -0.39 is 0 Å². The van der Waals surface area contributed by atoms with Gasteiger partial charge in [-0.2, -0.15) is 0 Å². The van der Waals surface area contributed by atoms with Gasteiger partial charge < -0.3 is 0 Å². The van der Waals surface area contributed by atoms with Crippen molar-refractivity contribution >= 4 is 110 Å². The standard InChI is InChI=1S/2C44H32/c2*1-2-31-25-26-38(44-41-17-9-5-13-36(41)29-37-14-6-10-18-42(37)44)27-33(31)24-21-30-19-22-32(23-20-30)43-39-15-7-3-11-34(39)28-35-12-4-8-16-40(35)43/h2*3-29H,2H2,1H3/b2*24-21+. The van der Waals surface area contributed by atoms with Crippen molar-refractivity contribution in [1.82, 2.24) is 0 Å². The van der Waals surface area contributed by atoms with Crippen LogP contribution in [-0.4, -0.2) is 0 Å². The molecule has 0 fully saturated rings. The molecule has 0 nitrogen and oxygen atoms in total. The molecule has 0 radical (unpaired) electrons. The van der Waals surface area contributed by atoms with Crippen molar-refractivity contribution in [3.63, 3.8) is 0 Å². The molecule has 0 heterocycles. The summed E-state index contributed by atoms with van der Waals surface area (Å²) < 4.78 is 0. The third-order valence-electron chi connectivity index (χ3n) is 18.0. The van der Waals surface area contributed by atoms with E-state index in [1.165, 1.54) is 164 Å². The summed E-state index contributed by atoms with van der Waals surface area (Å²) in [5, 5.41) is 20.5. The predicted octanol–water partition coefficient (Wildman–Crippen LogP) is 24.7. The molecule has 88 heavy (non-hydrogen) atoms. The van der Waals surface area contributed by atoms with Crippen LogP contribution in [-0.2, 0) is 12.8 Å². The highest BCUT2D eigenvalue weighted by Crippen LogP contribution is 2.42. The summed E-state index contributed by atoms with van der Waals surface area (Å²) in [7, 11) is 0. The highest BCUT2D eigenvalue weighted by molar-refractivity contribution is 6.16. The normalized spacial score (nSPS) is 11.8. The highest BCUT2D eigenvalue weighted by atomic mass is 14.2. The van der Waals surface area contributed by atoms with Gasteiger partial charge in [0.25, 0.3) is 0 Å². The molecule has 0 aliphatic carbocycles. The van der Waals surface area contributed by atoms with Gasteiger partial charge in [0.1, 0.15) is 0 Å². The van der Waals surface area contributed by atoms with Crippen LogP contribution >= 0.6 is 0 Å². The molecule has 0 amide bonds. The molecule has 16 aromatic rings. The first-order valence-corrected chi connectivity index (χ1v) is 31.0. The number of fused-ring (bicyclic) bond motifs is 8. The molecule has 16 rings (SSSR count). The minimum absolute atomic E-state index is 0.989. The molecule has 0 bridgehead atoms. The molecule has 0 aliphatic rings. The SMILES string of the molecule is CCc1ccc(-c2c3ccccc3cc3ccccc23)cc1/C=C/c1ccc(-c2c3ccccc3cc3ccccc23)cc1.CCc1ccc(-c2c3ccccc3cc3ccccc23)cc1/C=C/c1ccc(-c2c3ccccc3cc3ccccc23)cc1.